The molecule has 2 saturated heterocycles. The fourth-order valence-corrected chi connectivity index (χ4v) is 10.7. The Labute approximate surface area is 362 Å². The van der Waals surface area contributed by atoms with Gasteiger partial charge in [0.1, 0.15) is 35.6 Å². The lowest BCUT2D eigenvalue weighted by molar-refractivity contribution is -0.405. The Morgan fingerprint density at radius 1 is 0.984 bits per heavy atom. The number of aliphatic hydroxyl groups is 2. The SMILES string of the molecule is C=CC1OC2CC3OC[C@@]3(OC(C)=O)[C@H]3[C@H](OC(=O)c4ccccc4)C4(O)C[C@H](OC(=O)[C@H](O)[C@H](CC(C)C)NC(=O)OC(C)(C)C)C(C)=C([C@H](OC(C)=O)[C@H](O1)C23C)C4(C)C. The number of hydrogen-bond donors (Lipinski definition) is 3. The summed E-state index contributed by atoms with van der Waals surface area (Å²) < 4.78 is 50.2. The molecule has 2 aliphatic heterocycles. The van der Waals surface area contributed by atoms with Gasteiger partial charge in [-0.15, -0.1) is 0 Å². The third-order valence-electron chi connectivity index (χ3n) is 13.4. The van der Waals surface area contributed by atoms with E-state index in [0.717, 1.165) is 0 Å². The topological polar surface area (TPSA) is 212 Å². The number of ether oxygens (including phenoxy) is 8. The van der Waals surface area contributed by atoms with E-state index in [1.807, 2.05) is 20.8 Å². The Bertz CT molecular complexity index is 1960. The Balaban J connectivity index is 1.57. The zero-order valence-electron chi connectivity index (χ0n) is 37.6. The van der Waals surface area contributed by atoms with Crippen molar-refractivity contribution in [2.75, 3.05) is 6.61 Å². The summed E-state index contributed by atoms with van der Waals surface area (Å²) in [5.74, 6) is -4.57. The second kappa shape index (κ2) is 17.0. The molecule has 16 heteroatoms. The smallest absolute Gasteiger partial charge is 0.407 e. The van der Waals surface area contributed by atoms with Crippen molar-refractivity contribution in [3.05, 3.63) is 59.7 Å². The Kier molecular flexibility index (Phi) is 12.9. The average Bonchev–Trinajstić information content (AvgIpc) is 3.15. The molecule has 13 atom stereocenters. The standard InChI is InChI=1S/C46H63NO15/c1-13-32-58-30-20-31-45(22-55-31,61-26(6)49)36-38(60-39(51)27-17-15-14-16-18-27)46(54)21-29(57-40(52)34(50)28(19-23(2)3)47-41(53)62-42(7,8)9)24(4)33(43(46,10)11)35(56-25(5)48)37(59-32)44(30,36)12/h13-18,23,28-32,34-38,50,54H,1,19-22H2,2-12H3,(H,47,53)/t28-,29-,30?,31?,32?,34+,35-,36-,37-,38-,44?,45-,46?/m0/s1. The summed E-state index contributed by atoms with van der Waals surface area (Å²) in [5.41, 5.74) is -6.65. The van der Waals surface area contributed by atoms with E-state index >= 15 is 0 Å². The van der Waals surface area contributed by atoms with Gasteiger partial charge < -0.3 is 53.4 Å². The molecule has 6 rings (SSSR count). The first-order valence-corrected chi connectivity index (χ1v) is 21.3. The summed E-state index contributed by atoms with van der Waals surface area (Å²) in [6.45, 7) is 21.9. The molecule has 5 unspecified atom stereocenters. The van der Waals surface area contributed by atoms with Crippen molar-refractivity contribution < 1.29 is 72.1 Å². The molecule has 2 heterocycles. The summed E-state index contributed by atoms with van der Waals surface area (Å²) in [5, 5.41) is 28.1. The van der Waals surface area contributed by atoms with Gasteiger partial charge in [0.25, 0.3) is 0 Å². The highest BCUT2D eigenvalue weighted by Crippen LogP contribution is 2.67. The van der Waals surface area contributed by atoms with E-state index in [1.165, 1.54) is 19.9 Å². The first-order valence-electron chi connectivity index (χ1n) is 21.3. The average molecular weight is 870 g/mol. The largest absolute Gasteiger partial charge is 0.456 e. The van der Waals surface area contributed by atoms with Crippen molar-refractivity contribution in [3.63, 3.8) is 0 Å². The molecular formula is C46H63NO15. The summed E-state index contributed by atoms with van der Waals surface area (Å²) >= 11 is 0. The van der Waals surface area contributed by atoms with E-state index in [2.05, 4.69) is 11.9 Å². The maximum atomic E-state index is 14.4. The minimum absolute atomic E-state index is 0.0926. The maximum Gasteiger partial charge on any atom is 0.407 e. The van der Waals surface area contributed by atoms with Gasteiger partial charge in [-0.1, -0.05) is 59.4 Å². The molecule has 2 bridgehead atoms. The summed E-state index contributed by atoms with van der Waals surface area (Å²) in [4.78, 5) is 68.1. The van der Waals surface area contributed by atoms with Crippen LogP contribution in [0.5, 0.6) is 0 Å². The highest BCUT2D eigenvalue weighted by atomic mass is 16.7. The second-order valence-electron chi connectivity index (χ2n) is 19.5. The van der Waals surface area contributed by atoms with Crippen LogP contribution in [0.3, 0.4) is 0 Å². The second-order valence-corrected chi connectivity index (χ2v) is 19.5. The number of amides is 1. The molecule has 0 aromatic heterocycles. The van der Waals surface area contributed by atoms with E-state index in [9.17, 15) is 34.2 Å². The monoisotopic (exact) mass is 869 g/mol. The number of carbonyl (C=O) groups excluding carboxylic acids is 5. The number of fused-ring (bicyclic) bond motifs is 4. The zero-order chi connectivity index (χ0) is 45.9. The summed E-state index contributed by atoms with van der Waals surface area (Å²) in [7, 11) is 0. The molecule has 0 spiro atoms. The van der Waals surface area contributed by atoms with Crippen LogP contribution in [0.1, 0.15) is 106 Å². The van der Waals surface area contributed by atoms with E-state index in [1.54, 1.807) is 71.9 Å². The van der Waals surface area contributed by atoms with Gasteiger partial charge in [0.15, 0.2) is 24.1 Å². The van der Waals surface area contributed by atoms with Gasteiger partial charge in [0.2, 0.25) is 0 Å². The number of esters is 4. The molecule has 4 fully saturated rings. The van der Waals surface area contributed by atoms with Gasteiger partial charge in [-0.3, -0.25) is 9.59 Å². The summed E-state index contributed by atoms with van der Waals surface area (Å²) in [6, 6.07) is 7.04. The van der Waals surface area contributed by atoms with Crippen LogP contribution in [0.2, 0.25) is 0 Å². The predicted molar refractivity (Wildman–Crippen MR) is 220 cm³/mol. The normalized spacial score (nSPS) is 35.5. The van der Waals surface area contributed by atoms with Crippen LogP contribution in [0, 0.1) is 22.7 Å². The van der Waals surface area contributed by atoms with E-state index in [4.69, 9.17) is 37.9 Å². The quantitative estimate of drug-likeness (QED) is 0.154. The highest BCUT2D eigenvalue weighted by Gasteiger charge is 2.79. The van der Waals surface area contributed by atoms with Crippen LogP contribution < -0.4 is 5.32 Å². The van der Waals surface area contributed by atoms with E-state index in [0.29, 0.717) is 11.1 Å². The third kappa shape index (κ3) is 8.28. The van der Waals surface area contributed by atoms with Crippen molar-refractivity contribution >= 4 is 30.0 Å². The molecule has 342 valence electrons. The summed E-state index contributed by atoms with van der Waals surface area (Å²) in [6.07, 6.45) is -9.36. The molecule has 3 aliphatic carbocycles. The predicted octanol–water partition coefficient (Wildman–Crippen LogP) is 4.87. The van der Waals surface area contributed by atoms with Crippen LogP contribution >= 0.6 is 0 Å². The van der Waals surface area contributed by atoms with Crippen molar-refractivity contribution in [2.24, 2.45) is 22.7 Å². The number of aliphatic hydroxyl groups excluding tert-OH is 1. The van der Waals surface area contributed by atoms with Crippen LogP contribution in [-0.4, -0.2) is 119 Å². The molecule has 5 aliphatic rings. The maximum absolute atomic E-state index is 14.4. The van der Waals surface area contributed by atoms with Crippen molar-refractivity contribution in [1.82, 2.24) is 5.32 Å². The van der Waals surface area contributed by atoms with Crippen LogP contribution in [-0.2, 0) is 52.3 Å². The number of rotatable bonds is 11. The van der Waals surface area contributed by atoms with Crippen LogP contribution in [0.4, 0.5) is 4.79 Å². The molecule has 1 aromatic rings. The minimum atomic E-state index is -2.23. The highest BCUT2D eigenvalue weighted by molar-refractivity contribution is 5.89. The van der Waals surface area contributed by atoms with Crippen LogP contribution in [0.25, 0.3) is 0 Å². The Morgan fingerprint density at radius 3 is 2.19 bits per heavy atom. The lowest BCUT2D eigenvalue weighted by Gasteiger charge is -2.71. The van der Waals surface area contributed by atoms with Gasteiger partial charge in [0.05, 0.1) is 30.2 Å². The van der Waals surface area contributed by atoms with Gasteiger partial charge in [-0.25, -0.2) is 14.4 Å². The minimum Gasteiger partial charge on any atom is -0.456 e. The van der Waals surface area contributed by atoms with Gasteiger partial charge in [-0.05, 0) is 69.4 Å². The molecule has 1 amide bonds. The van der Waals surface area contributed by atoms with Gasteiger partial charge in [0, 0.05) is 37.5 Å². The number of benzene rings is 1. The zero-order valence-corrected chi connectivity index (χ0v) is 37.6. The van der Waals surface area contributed by atoms with Crippen molar-refractivity contribution in [2.45, 2.75) is 167 Å². The molecule has 2 saturated carbocycles. The molecule has 62 heavy (non-hydrogen) atoms. The lowest BCUT2D eigenvalue weighted by Crippen LogP contribution is -2.83. The van der Waals surface area contributed by atoms with E-state index in [-0.39, 0.29) is 30.9 Å². The first kappa shape index (κ1) is 47.1. The molecule has 16 nitrogen and oxygen atoms in total. The van der Waals surface area contributed by atoms with Gasteiger partial charge >= 0.3 is 30.0 Å². The molecule has 0 radical (unpaired) electrons. The lowest BCUT2D eigenvalue weighted by atomic mass is 9.44. The van der Waals surface area contributed by atoms with Crippen molar-refractivity contribution in [1.29, 1.82) is 0 Å². The number of carbonyl (C=O) groups is 5. The van der Waals surface area contributed by atoms with Crippen molar-refractivity contribution in [3.8, 4) is 0 Å². The third-order valence-corrected chi connectivity index (χ3v) is 13.4. The fraction of sp³-hybridized carbons (Fsp3) is 0.674. The molecular weight excluding hydrogens is 806 g/mol. The van der Waals surface area contributed by atoms with Crippen LogP contribution in [0.15, 0.2) is 54.1 Å². The fourth-order valence-electron chi connectivity index (χ4n) is 10.7. The number of nitrogens with one attached hydrogen (secondary N) is 1. The molecule has 1 aromatic carbocycles. The van der Waals surface area contributed by atoms with E-state index < -0.39 is 125 Å². The first-order chi connectivity index (χ1) is 28.8. The number of hydrogen-bond acceptors (Lipinski definition) is 15. The number of alkyl carbamates (subject to hydrolysis) is 1. The Hall–Kier alpha value is -4.35. The Morgan fingerprint density at radius 2 is 1.65 bits per heavy atom. The van der Waals surface area contributed by atoms with Gasteiger partial charge in [-0.2, -0.15) is 0 Å². The molecule has 3 N–H and O–H groups in total.